The van der Waals surface area contributed by atoms with Crippen molar-refractivity contribution in [2.45, 2.75) is 59.0 Å². The quantitative estimate of drug-likeness (QED) is 0.494. The Morgan fingerprint density at radius 2 is 1.79 bits per heavy atom. The third kappa shape index (κ3) is 8.56. The molecule has 0 heterocycles. The fourth-order valence-corrected chi connectivity index (χ4v) is 2.16. The van der Waals surface area contributed by atoms with Crippen molar-refractivity contribution < 1.29 is 19.1 Å². The molecular formula is C19H29NO4. The second kappa shape index (κ2) is 11.5. The fraction of sp³-hybridized carbons (Fsp3) is 0.579. The molecule has 0 aliphatic heterocycles. The van der Waals surface area contributed by atoms with Gasteiger partial charge in [-0.15, -0.1) is 0 Å². The molecule has 1 amide bonds. The lowest BCUT2D eigenvalue weighted by Crippen LogP contribution is -2.27. The second-order valence-corrected chi connectivity index (χ2v) is 5.99. The minimum absolute atomic E-state index is 0.0114. The number of carbonyl (C=O) groups excluding carboxylic acids is 2. The number of rotatable bonds is 11. The normalized spacial score (nSPS) is 10.5. The van der Waals surface area contributed by atoms with Gasteiger partial charge in [-0.3, -0.25) is 4.79 Å². The Hall–Kier alpha value is -2.04. The number of hydrogen-bond acceptors (Lipinski definition) is 4. The molecule has 1 aromatic carbocycles. The van der Waals surface area contributed by atoms with Crippen LogP contribution in [0.2, 0.25) is 0 Å². The van der Waals surface area contributed by atoms with Gasteiger partial charge in [-0.2, -0.15) is 0 Å². The molecular weight excluding hydrogens is 306 g/mol. The Labute approximate surface area is 144 Å². The zero-order valence-electron chi connectivity index (χ0n) is 15.0. The highest BCUT2D eigenvalue weighted by Crippen LogP contribution is 2.14. The van der Waals surface area contributed by atoms with E-state index in [0.29, 0.717) is 18.5 Å². The van der Waals surface area contributed by atoms with E-state index in [1.165, 1.54) is 0 Å². The van der Waals surface area contributed by atoms with Crippen LogP contribution in [-0.2, 0) is 9.53 Å². The molecule has 0 fully saturated rings. The van der Waals surface area contributed by atoms with Gasteiger partial charge < -0.3 is 14.8 Å². The maximum Gasteiger partial charge on any atom is 0.338 e. The first-order valence-electron chi connectivity index (χ1n) is 8.73. The summed E-state index contributed by atoms with van der Waals surface area (Å²) in [5.74, 6) is 0.331. The molecule has 5 nitrogen and oxygen atoms in total. The van der Waals surface area contributed by atoms with Crippen molar-refractivity contribution in [1.29, 1.82) is 0 Å². The maximum atomic E-state index is 11.9. The molecule has 0 aliphatic carbocycles. The Morgan fingerprint density at radius 3 is 2.42 bits per heavy atom. The number of amides is 1. The summed E-state index contributed by atoms with van der Waals surface area (Å²) in [6.07, 6.45) is 4.92. The molecule has 0 bridgehead atoms. The molecule has 0 saturated carbocycles. The van der Waals surface area contributed by atoms with E-state index >= 15 is 0 Å². The monoisotopic (exact) mass is 335 g/mol. The van der Waals surface area contributed by atoms with Crippen LogP contribution in [0.25, 0.3) is 0 Å². The number of esters is 1. The smallest absolute Gasteiger partial charge is 0.338 e. The lowest BCUT2D eigenvalue weighted by molar-refractivity contribution is -0.121. The van der Waals surface area contributed by atoms with Crippen molar-refractivity contribution in [3.63, 3.8) is 0 Å². The Balaban J connectivity index is 2.20. The van der Waals surface area contributed by atoms with Gasteiger partial charge in [0.15, 0.2) is 0 Å². The molecule has 0 atom stereocenters. The zero-order chi connectivity index (χ0) is 17.8. The van der Waals surface area contributed by atoms with Crippen molar-refractivity contribution in [2.75, 3.05) is 13.2 Å². The van der Waals surface area contributed by atoms with Crippen LogP contribution in [0.1, 0.15) is 63.2 Å². The van der Waals surface area contributed by atoms with E-state index in [1.807, 2.05) is 13.8 Å². The summed E-state index contributed by atoms with van der Waals surface area (Å²) < 4.78 is 10.7. The van der Waals surface area contributed by atoms with Gasteiger partial charge >= 0.3 is 5.97 Å². The first-order valence-corrected chi connectivity index (χ1v) is 8.73. The average molecular weight is 335 g/mol. The van der Waals surface area contributed by atoms with Crippen LogP contribution in [0.3, 0.4) is 0 Å². The molecule has 1 N–H and O–H groups in total. The molecule has 0 aliphatic rings. The topological polar surface area (TPSA) is 64.6 Å². The van der Waals surface area contributed by atoms with Gasteiger partial charge in [0.1, 0.15) is 12.4 Å². The van der Waals surface area contributed by atoms with E-state index in [1.54, 1.807) is 24.3 Å². The highest BCUT2D eigenvalue weighted by Gasteiger charge is 2.08. The summed E-state index contributed by atoms with van der Waals surface area (Å²) in [5, 5.41) is 2.76. The van der Waals surface area contributed by atoms with Crippen LogP contribution in [0.4, 0.5) is 0 Å². The van der Waals surface area contributed by atoms with Crippen LogP contribution in [0, 0.1) is 0 Å². The van der Waals surface area contributed by atoms with Crippen LogP contribution in [0.15, 0.2) is 24.3 Å². The summed E-state index contributed by atoms with van der Waals surface area (Å²) in [6.45, 7) is 6.54. The molecule has 0 saturated heterocycles. The summed E-state index contributed by atoms with van der Waals surface area (Å²) >= 11 is 0. The largest absolute Gasteiger partial charge is 0.491 e. The van der Waals surface area contributed by atoms with Gasteiger partial charge in [-0.25, -0.2) is 4.79 Å². The summed E-state index contributed by atoms with van der Waals surface area (Å²) in [7, 11) is 0. The van der Waals surface area contributed by atoms with Crippen molar-refractivity contribution >= 4 is 11.9 Å². The van der Waals surface area contributed by atoms with Gasteiger partial charge in [-0.05, 0) is 44.5 Å². The number of hydrogen-bond donors (Lipinski definition) is 1. The van der Waals surface area contributed by atoms with Crippen LogP contribution in [-0.4, -0.2) is 31.1 Å². The summed E-state index contributed by atoms with van der Waals surface area (Å²) in [5.41, 5.74) is 0.469. The lowest BCUT2D eigenvalue weighted by atomic mass is 10.1. The molecule has 24 heavy (non-hydrogen) atoms. The van der Waals surface area contributed by atoms with Gasteiger partial charge in [0.2, 0.25) is 5.91 Å². The number of ether oxygens (including phenoxy) is 2. The highest BCUT2D eigenvalue weighted by atomic mass is 16.5. The third-order valence-electron chi connectivity index (χ3n) is 3.38. The highest BCUT2D eigenvalue weighted by molar-refractivity contribution is 5.89. The van der Waals surface area contributed by atoms with E-state index in [9.17, 15) is 9.59 Å². The molecule has 0 spiro atoms. The third-order valence-corrected chi connectivity index (χ3v) is 3.38. The number of nitrogens with one attached hydrogen (secondary N) is 1. The van der Waals surface area contributed by atoms with Crippen LogP contribution < -0.4 is 10.1 Å². The number of carbonyl (C=O) groups is 2. The van der Waals surface area contributed by atoms with Gasteiger partial charge in [0, 0.05) is 6.42 Å². The zero-order valence-corrected chi connectivity index (χ0v) is 15.0. The fourth-order valence-electron chi connectivity index (χ4n) is 2.16. The van der Waals surface area contributed by atoms with Crippen molar-refractivity contribution in [3.05, 3.63) is 29.8 Å². The summed E-state index contributed by atoms with van der Waals surface area (Å²) in [6, 6.07) is 6.84. The SMILES string of the molecule is CCCCCCC(=O)NCCOC(=O)c1ccc(OC(C)C)cc1. The van der Waals surface area contributed by atoms with Gasteiger partial charge in [0.25, 0.3) is 0 Å². The van der Waals surface area contributed by atoms with E-state index in [0.717, 1.165) is 31.4 Å². The molecule has 0 aromatic heterocycles. The van der Waals surface area contributed by atoms with Crippen molar-refractivity contribution in [1.82, 2.24) is 5.32 Å². The van der Waals surface area contributed by atoms with Gasteiger partial charge in [0.05, 0.1) is 18.2 Å². The maximum absolute atomic E-state index is 11.9. The first kappa shape index (κ1) is 20.0. The lowest BCUT2D eigenvalue weighted by Gasteiger charge is -2.10. The predicted molar refractivity (Wildman–Crippen MR) is 94.3 cm³/mol. The Kier molecular flexibility index (Phi) is 9.58. The molecule has 0 unspecified atom stereocenters. The predicted octanol–water partition coefficient (Wildman–Crippen LogP) is 3.72. The molecule has 0 radical (unpaired) electrons. The number of unbranched alkanes of at least 4 members (excludes halogenated alkanes) is 3. The molecule has 1 rings (SSSR count). The van der Waals surface area contributed by atoms with E-state index in [-0.39, 0.29) is 18.6 Å². The molecule has 5 heteroatoms. The second-order valence-electron chi connectivity index (χ2n) is 5.99. The molecule has 1 aromatic rings. The Bertz CT molecular complexity index is 497. The number of benzene rings is 1. The summed E-state index contributed by atoms with van der Waals surface area (Å²) in [4.78, 5) is 23.5. The minimum atomic E-state index is -0.400. The van der Waals surface area contributed by atoms with Crippen LogP contribution in [0.5, 0.6) is 5.75 Å². The average Bonchev–Trinajstić information content (AvgIpc) is 2.55. The first-order chi connectivity index (χ1) is 11.5. The van der Waals surface area contributed by atoms with Crippen LogP contribution >= 0.6 is 0 Å². The minimum Gasteiger partial charge on any atom is -0.491 e. The van der Waals surface area contributed by atoms with Gasteiger partial charge in [-0.1, -0.05) is 26.2 Å². The van der Waals surface area contributed by atoms with E-state index in [4.69, 9.17) is 9.47 Å². The molecule has 134 valence electrons. The van der Waals surface area contributed by atoms with Crippen molar-refractivity contribution in [2.24, 2.45) is 0 Å². The van der Waals surface area contributed by atoms with E-state index in [2.05, 4.69) is 12.2 Å². The Morgan fingerprint density at radius 1 is 1.08 bits per heavy atom. The standard InChI is InChI=1S/C19H29NO4/c1-4-5-6-7-8-18(21)20-13-14-23-19(22)16-9-11-17(12-10-16)24-15(2)3/h9-12,15H,4-8,13-14H2,1-3H3,(H,20,21). The van der Waals surface area contributed by atoms with Crippen molar-refractivity contribution in [3.8, 4) is 5.75 Å². The van der Waals surface area contributed by atoms with E-state index < -0.39 is 5.97 Å².